The maximum absolute atomic E-state index is 12.2. The van der Waals surface area contributed by atoms with Gasteiger partial charge in [-0.2, -0.15) is 4.98 Å². The Morgan fingerprint density at radius 2 is 1.90 bits per heavy atom. The SMILES string of the molecule is CC(C)(C)c1noc(CCCC(=O)Nc2ccc(NCc3ccccc3)c(Cl)c2)n1. The Morgan fingerprint density at radius 3 is 2.57 bits per heavy atom. The van der Waals surface area contributed by atoms with Crippen molar-refractivity contribution in [1.29, 1.82) is 0 Å². The number of rotatable bonds is 8. The highest BCUT2D eigenvalue weighted by molar-refractivity contribution is 6.33. The standard InChI is InChI=1S/C23H27ClN4O2/c1-23(2,3)22-27-21(30-28-22)11-7-10-20(29)26-17-12-13-19(18(24)14-17)25-15-16-8-5-4-6-9-16/h4-6,8-9,12-14,25H,7,10-11,15H2,1-3H3,(H,26,29). The van der Waals surface area contributed by atoms with Gasteiger partial charge in [0.2, 0.25) is 11.8 Å². The van der Waals surface area contributed by atoms with E-state index in [1.807, 2.05) is 63.2 Å². The van der Waals surface area contributed by atoms with Gasteiger partial charge in [-0.3, -0.25) is 4.79 Å². The number of hydrogen-bond acceptors (Lipinski definition) is 5. The third-order valence-corrected chi connectivity index (χ3v) is 4.82. The summed E-state index contributed by atoms with van der Waals surface area (Å²) in [6.07, 6.45) is 1.56. The first-order valence-electron chi connectivity index (χ1n) is 10.0. The van der Waals surface area contributed by atoms with Crippen molar-refractivity contribution >= 4 is 28.9 Å². The number of carbonyl (C=O) groups is 1. The van der Waals surface area contributed by atoms with Gasteiger partial charge in [0.05, 0.1) is 10.7 Å². The number of amides is 1. The second kappa shape index (κ2) is 9.76. The maximum Gasteiger partial charge on any atom is 0.226 e. The molecule has 158 valence electrons. The summed E-state index contributed by atoms with van der Waals surface area (Å²) in [5, 5.41) is 10.7. The molecule has 2 aromatic carbocycles. The van der Waals surface area contributed by atoms with Crippen LogP contribution in [0.3, 0.4) is 0 Å². The minimum Gasteiger partial charge on any atom is -0.380 e. The molecule has 0 radical (unpaired) electrons. The Morgan fingerprint density at radius 1 is 1.13 bits per heavy atom. The summed E-state index contributed by atoms with van der Waals surface area (Å²) in [6.45, 7) is 6.77. The number of anilines is 2. The van der Waals surface area contributed by atoms with Gasteiger partial charge in [-0.25, -0.2) is 0 Å². The van der Waals surface area contributed by atoms with E-state index in [2.05, 4.69) is 20.8 Å². The van der Waals surface area contributed by atoms with E-state index in [-0.39, 0.29) is 11.3 Å². The fourth-order valence-corrected chi connectivity index (χ4v) is 3.06. The summed E-state index contributed by atoms with van der Waals surface area (Å²) in [5.74, 6) is 1.16. The molecule has 7 heteroatoms. The summed E-state index contributed by atoms with van der Waals surface area (Å²) < 4.78 is 5.26. The van der Waals surface area contributed by atoms with Crippen LogP contribution in [-0.4, -0.2) is 16.0 Å². The molecule has 0 saturated carbocycles. The van der Waals surface area contributed by atoms with Crippen LogP contribution in [0.15, 0.2) is 53.1 Å². The molecule has 0 aliphatic rings. The van der Waals surface area contributed by atoms with E-state index in [4.69, 9.17) is 16.1 Å². The third kappa shape index (κ3) is 6.32. The molecule has 0 unspecified atom stereocenters. The number of halogens is 1. The van der Waals surface area contributed by atoms with Crippen molar-refractivity contribution in [2.24, 2.45) is 0 Å². The topological polar surface area (TPSA) is 80.0 Å². The molecule has 30 heavy (non-hydrogen) atoms. The number of hydrogen-bond donors (Lipinski definition) is 2. The van der Waals surface area contributed by atoms with E-state index in [1.165, 1.54) is 5.56 Å². The molecule has 0 aliphatic carbocycles. The zero-order valence-electron chi connectivity index (χ0n) is 17.5. The average molecular weight is 427 g/mol. The Kier molecular flexibility index (Phi) is 7.11. The van der Waals surface area contributed by atoms with Crippen molar-refractivity contribution in [3.63, 3.8) is 0 Å². The van der Waals surface area contributed by atoms with Crippen molar-refractivity contribution in [1.82, 2.24) is 10.1 Å². The predicted octanol–water partition coefficient (Wildman–Crippen LogP) is 5.59. The molecule has 1 aromatic heterocycles. The summed E-state index contributed by atoms with van der Waals surface area (Å²) in [4.78, 5) is 16.6. The van der Waals surface area contributed by atoms with Crippen molar-refractivity contribution < 1.29 is 9.32 Å². The lowest BCUT2D eigenvalue weighted by atomic mass is 9.96. The van der Waals surface area contributed by atoms with Crippen LogP contribution in [0.2, 0.25) is 5.02 Å². The normalized spacial score (nSPS) is 11.3. The first-order chi connectivity index (χ1) is 14.3. The van der Waals surface area contributed by atoms with Gasteiger partial charge in [0.15, 0.2) is 5.82 Å². The molecule has 2 N–H and O–H groups in total. The van der Waals surface area contributed by atoms with Crippen LogP contribution in [0.4, 0.5) is 11.4 Å². The van der Waals surface area contributed by atoms with E-state index < -0.39 is 0 Å². The van der Waals surface area contributed by atoms with Gasteiger partial charge < -0.3 is 15.2 Å². The van der Waals surface area contributed by atoms with E-state index in [0.29, 0.717) is 48.2 Å². The average Bonchev–Trinajstić information content (AvgIpc) is 3.18. The molecular formula is C23H27ClN4O2. The van der Waals surface area contributed by atoms with Crippen molar-refractivity contribution in [3.8, 4) is 0 Å². The highest BCUT2D eigenvalue weighted by atomic mass is 35.5. The largest absolute Gasteiger partial charge is 0.380 e. The molecule has 0 saturated heterocycles. The van der Waals surface area contributed by atoms with Crippen molar-refractivity contribution in [2.75, 3.05) is 10.6 Å². The van der Waals surface area contributed by atoms with Gasteiger partial charge in [0.25, 0.3) is 0 Å². The van der Waals surface area contributed by atoms with Crippen LogP contribution in [0, 0.1) is 0 Å². The highest BCUT2D eigenvalue weighted by Gasteiger charge is 2.20. The molecule has 3 rings (SSSR count). The van der Waals surface area contributed by atoms with Gasteiger partial charge in [-0.1, -0.05) is 67.9 Å². The van der Waals surface area contributed by atoms with E-state index in [9.17, 15) is 4.79 Å². The van der Waals surface area contributed by atoms with Crippen LogP contribution in [0.25, 0.3) is 0 Å². The molecule has 0 atom stereocenters. The van der Waals surface area contributed by atoms with Gasteiger partial charge in [0.1, 0.15) is 0 Å². The summed E-state index contributed by atoms with van der Waals surface area (Å²) in [5.41, 5.74) is 2.51. The monoisotopic (exact) mass is 426 g/mol. The van der Waals surface area contributed by atoms with Crippen LogP contribution < -0.4 is 10.6 Å². The molecule has 6 nitrogen and oxygen atoms in total. The van der Waals surface area contributed by atoms with E-state index in [1.54, 1.807) is 6.07 Å². The van der Waals surface area contributed by atoms with Crippen LogP contribution in [-0.2, 0) is 23.2 Å². The van der Waals surface area contributed by atoms with Crippen molar-refractivity contribution in [2.45, 2.75) is 52.0 Å². The molecular weight excluding hydrogens is 400 g/mol. The highest BCUT2D eigenvalue weighted by Crippen LogP contribution is 2.26. The minimum absolute atomic E-state index is 0.0772. The maximum atomic E-state index is 12.2. The number of nitrogens with one attached hydrogen (secondary N) is 2. The van der Waals surface area contributed by atoms with Crippen LogP contribution in [0.1, 0.15) is 50.9 Å². The number of aryl methyl sites for hydroxylation is 1. The van der Waals surface area contributed by atoms with E-state index in [0.717, 1.165) is 5.69 Å². The molecule has 3 aromatic rings. The number of aromatic nitrogens is 2. The Hall–Kier alpha value is -2.86. The molecule has 0 spiro atoms. The molecule has 0 bridgehead atoms. The zero-order chi connectivity index (χ0) is 21.6. The zero-order valence-corrected chi connectivity index (χ0v) is 18.3. The fourth-order valence-electron chi connectivity index (χ4n) is 2.81. The van der Waals surface area contributed by atoms with E-state index >= 15 is 0 Å². The van der Waals surface area contributed by atoms with Gasteiger partial charge in [0, 0.05) is 30.5 Å². The lowest BCUT2D eigenvalue weighted by Crippen LogP contribution is -2.13. The molecule has 0 aliphatic heterocycles. The summed E-state index contributed by atoms with van der Waals surface area (Å²) in [7, 11) is 0. The lowest BCUT2D eigenvalue weighted by Gasteiger charge is -2.11. The number of benzene rings is 2. The van der Waals surface area contributed by atoms with Crippen LogP contribution >= 0.6 is 11.6 Å². The Labute approximate surface area is 182 Å². The number of nitrogens with zero attached hydrogens (tertiary/aromatic N) is 2. The quantitative estimate of drug-likeness (QED) is 0.490. The summed E-state index contributed by atoms with van der Waals surface area (Å²) in [6, 6.07) is 15.5. The van der Waals surface area contributed by atoms with Crippen LogP contribution in [0.5, 0.6) is 0 Å². The Balaban J connectivity index is 1.45. The Bertz CT molecular complexity index is 980. The first kappa shape index (κ1) is 21.8. The van der Waals surface area contributed by atoms with Crippen molar-refractivity contribution in [3.05, 3.63) is 70.8 Å². The third-order valence-electron chi connectivity index (χ3n) is 4.51. The minimum atomic E-state index is -0.152. The summed E-state index contributed by atoms with van der Waals surface area (Å²) >= 11 is 6.36. The smallest absolute Gasteiger partial charge is 0.226 e. The fraction of sp³-hybridized carbons (Fsp3) is 0.348. The van der Waals surface area contributed by atoms with Gasteiger partial charge in [-0.15, -0.1) is 0 Å². The molecule has 0 fully saturated rings. The second-order valence-electron chi connectivity index (χ2n) is 8.20. The lowest BCUT2D eigenvalue weighted by molar-refractivity contribution is -0.116. The molecule has 1 amide bonds. The second-order valence-corrected chi connectivity index (χ2v) is 8.60. The van der Waals surface area contributed by atoms with Gasteiger partial charge >= 0.3 is 0 Å². The predicted molar refractivity (Wildman–Crippen MR) is 120 cm³/mol. The first-order valence-corrected chi connectivity index (χ1v) is 10.4. The molecule has 1 heterocycles. The van der Waals surface area contributed by atoms with Gasteiger partial charge in [-0.05, 0) is 30.2 Å². The number of carbonyl (C=O) groups excluding carboxylic acids is 1.